The number of hydrogen-bond donors (Lipinski definition) is 2. The van der Waals surface area contributed by atoms with E-state index < -0.39 is 27.8 Å². The maximum Gasteiger partial charge on any atom is 0.312 e. The third-order valence-corrected chi connectivity index (χ3v) is 4.76. The van der Waals surface area contributed by atoms with Crippen LogP contribution in [0.3, 0.4) is 0 Å². The van der Waals surface area contributed by atoms with Crippen LogP contribution >= 0.6 is 0 Å². The van der Waals surface area contributed by atoms with Crippen LogP contribution in [0.1, 0.15) is 11.5 Å². The largest absolute Gasteiger partial charge is 0.488 e. The van der Waals surface area contributed by atoms with Gasteiger partial charge in [-0.2, -0.15) is 0 Å². The van der Waals surface area contributed by atoms with Gasteiger partial charge in [0.05, 0.1) is 17.4 Å². The lowest BCUT2D eigenvalue weighted by Gasteiger charge is -2.28. The lowest BCUT2D eigenvalue weighted by molar-refractivity contribution is -0.138. The molecule has 0 aromatic heterocycles. The van der Waals surface area contributed by atoms with Crippen LogP contribution in [0.15, 0.2) is 24.3 Å². The van der Waals surface area contributed by atoms with Gasteiger partial charge >= 0.3 is 5.97 Å². The third kappa shape index (κ3) is 3.05. The zero-order chi connectivity index (χ0) is 14.0. The van der Waals surface area contributed by atoms with Crippen molar-refractivity contribution in [2.24, 2.45) is 5.73 Å². The first kappa shape index (κ1) is 13.8. The van der Waals surface area contributed by atoms with E-state index in [0.717, 1.165) is 0 Å². The van der Waals surface area contributed by atoms with Gasteiger partial charge in [-0.3, -0.25) is 4.79 Å². The van der Waals surface area contributed by atoms with Crippen molar-refractivity contribution in [3.63, 3.8) is 0 Å². The molecule has 104 valence electrons. The zero-order valence-electron chi connectivity index (χ0n) is 10.2. The average molecular weight is 285 g/mol. The lowest BCUT2D eigenvalue weighted by Crippen LogP contribution is -2.45. The maximum atomic E-state index is 11.1. The minimum Gasteiger partial charge on any atom is -0.488 e. The van der Waals surface area contributed by atoms with Crippen molar-refractivity contribution in [3.05, 3.63) is 29.8 Å². The van der Waals surface area contributed by atoms with E-state index in [1.165, 1.54) is 0 Å². The Balaban J connectivity index is 2.19. The van der Waals surface area contributed by atoms with Crippen molar-refractivity contribution in [3.8, 4) is 5.75 Å². The molecular weight excluding hydrogens is 270 g/mol. The fraction of sp³-hybridized carbons (Fsp3) is 0.417. The van der Waals surface area contributed by atoms with Crippen LogP contribution in [-0.2, 0) is 14.6 Å². The first-order chi connectivity index (χ1) is 8.93. The molecule has 0 radical (unpaired) electrons. The summed E-state index contributed by atoms with van der Waals surface area (Å²) in [5, 5.41) is 9.11. The van der Waals surface area contributed by atoms with Crippen LogP contribution in [0.25, 0.3) is 0 Å². The van der Waals surface area contributed by atoms with E-state index in [2.05, 4.69) is 0 Å². The summed E-state index contributed by atoms with van der Waals surface area (Å²) in [5.74, 6) is -1.54. The number of carbonyl (C=O) groups is 1. The summed E-state index contributed by atoms with van der Waals surface area (Å²) in [6, 6.07) is 6.67. The minimum atomic E-state index is -2.97. The van der Waals surface area contributed by atoms with E-state index >= 15 is 0 Å². The number of aliphatic carboxylic acids is 1. The molecule has 0 aliphatic carbocycles. The molecule has 1 atom stereocenters. The summed E-state index contributed by atoms with van der Waals surface area (Å²) >= 11 is 0. The van der Waals surface area contributed by atoms with Gasteiger partial charge in [-0.1, -0.05) is 18.2 Å². The Bertz CT molecular complexity index is 572. The summed E-state index contributed by atoms with van der Waals surface area (Å²) in [5.41, 5.74) is 5.94. The van der Waals surface area contributed by atoms with E-state index in [-0.39, 0.29) is 18.1 Å². The highest BCUT2D eigenvalue weighted by Crippen LogP contribution is 2.29. The highest BCUT2D eigenvalue weighted by molar-refractivity contribution is 7.92. The fourth-order valence-electron chi connectivity index (χ4n) is 2.00. The SMILES string of the molecule is NCC(C(=O)O)c1ccccc1OC1CS(=O)(=O)C1. The van der Waals surface area contributed by atoms with E-state index in [9.17, 15) is 13.2 Å². The van der Waals surface area contributed by atoms with Gasteiger partial charge in [0, 0.05) is 12.1 Å². The molecule has 2 rings (SSSR count). The van der Waals surface area contributed by atoms with Crippen LogP contribution in [0.5, 0.6) is 5.75 Å². The second-order valence-corrected chi connectivity index (χ2v) is 6.63. The second-order valence-electron chi connectivity index (χ2n) is 4.48. The Hall–Kier alpha value is -1.60. The molecule has 3 N–H and O–H groups in total. The molecule has 19 heavy (non-hydrogen) atoms. The molecule has 6 nitrogen and oxygen atoms in total. The Morgan fingerprint density at radius 2 is 2.05 bits per heavy atom. The van der Waals surface area contributed by atoms with Crippen molar-refractivity contribution in [2.75, 3.05) is 18.1 Å². The van der Waals surface area contributed by atoms with Crippen LogP contribution in [0.2, 0.25) is 0 Å². The molecule has 1 heterocycles. The predicted molar refractivity (Wildman–Crippen MR) is 68.9 cm³/mol. The number of ether oxygens (including phenoxy) is 1. The van der Waals surface area contributed by atoms with E-state index in [4.69, 9.17) is 15.6 Å². The highest BCUT2D eigenvalue weighted by Gasteiger charge is 2.36. The smallest absolute Gasteiger partial charge is 0.312 e. The number of hydrogen-bond acceptors (Lipinski definition) is 5. The Kier molecular flexibility index (Phi) is 3.77. The van der Waals surface area contributed by atoms with Crippen LogP contribution < -0.4 is 10.5 Å². The fourth-order valence-corrected chi connectivity index (χ4v) is 3.17. The van der Waals surface area contributed by atoms with Crippen molar-refractivity contribution in [1.29, 1.82) is 0 Å². The Morgan fingerprint density at radius 1 is 1.42 bits per heavy atom. The lowest BCUT2D eigenvalue weighted by atomic mass is 9.98. The Morgan fingerprint density at radius 3 is 2.58 bits per heavy atom. The van der Waals surface area contributed by atoms with Crippen molar-refractivity contribution in [2.45, 2.75) is 12.0 Å². The molecule has 1 saturated heterocycles. The van der Waals surface area contributed by atoms with Crippen molar-refractivity contribution < 1.29 is 23.1 Å². The molecule has 0 saturated carbocycles. The van der Waals surface area contributed by atoms with Crippen molar-refractivity contribution >= 4 is 15.8 Å². The summed E-state index contributed by atoms with van der Waals surface area (Å²) in [6.07, 6.45) is -0.404. The number of benzene rings is 1. The summed E-state index contributed by atoms with van der Waals surface area (Å²) in [6.45, 7) is -0.0430. The van der Waals surface area contributed by atoms with Gasteiger partial charge in [0.1, 0.15) is 11.9 Å². The molecule has 1 aromatic rings. The molecule has 1 fully saturated rings. The number of sulfone groups is 1. The van der Waals surface area contributed by atoms with Crippen molar-refractivity contribution in [1.82, 2.24) is 0 Å². The molecule has 0 spiro atoms. The standard InChI is InChI=1S/C12H15NO5S/c13-5-10(12(14)15)9-3-1-2-4-11(9)18-8-6-19(16,17)7-8/h1-4,8,10H,5-7,13H2,(H,14,15). The summed E-state index contributed by atoms with van der Waals surface area (Å²) in [7, 11) is -2.97. The highest BCUT2D eigenvalue weighted by atomic mass is 32.2. The van der Waals surface area contributed by atoms with Gasteiger partial charge < -0.3 is 15.6 Å². The average Bonchev–Trinajstić information content (AvgIpc) is 2.29. The topological polar surface area (TPSA) is 107 Å². The van der Waals surface area contributed by atoms with Gasteiger partial charge in [0.15, 0.2) is 9.84 Å². The molecule has 1 aliphatic heterocycles. The maximum absolute atomic E-state index is 11.1. The van der Waals surface area contributed by atoms with Gasteiger partial charge in [-0.05, 0) is 6.07 Å². The number of rotatable bonds is 5. The van der Waals surface area contributed by atoms with E-state index in [1.54, 1.807) is 24.3 Å². The minimum absolute atomic E-state index is 0.0261. The summed E-state index contributed by atoms with van der Waals surface area (Å²) in [4.78, 5) is 11.1. The van der Waals surface area contributed by atoms with Crippen LogP contribution in [0.4, 0.5) is 0 Å². The number of carboxylic acids is 1. The predicted octanol–water partition coefficient (Wildman–Crippen LogP) is -0.0107. The van der Waals surface area contributed by atoms with Gasteiger partial charge in [-0.15, -0.1) is 0 Å². The monoisotopic (exact) mass is 285 g/mol. The first-order valence-corrected chi connectivity index (χ1v) is 7.64. The molecular formula is C12H15NO5S. The quantitative estimate of drug-likeness (QED) is 0.788. The molecule has 1 unspecified atom stereocenters. The van der Waals surface area contributed by atoms with Gasteiger partial charge in [0.25, 0.3) is 0 Å². The third-order valence-electron chi connectivity index (χ3n) is 3.00. The molecule has 7 heteroatoms. The van der Waals surface area contributed by atoms with Crippen LogP contribution in [-0.4, -0.2) is 43.6 Å². The van der Waals surface area contributed by atoms with E-state index in [0.29, 0.717) is 11.3 Å². The molecule has 1 aliphatic rings. The zero-order valence-corrected chi connectivity index (χ0v) is 11.0. The Labute approximate surface area is 111 Å². The summed E-state index contributed by atoms with van der Waals surface area (Å²) < 4.78 is 27.7. The normalized spacial score (nSPS) is 19.4. The number of nitrogens with two attached hydrogens (primary N) is 1. The van der Waals surface area contributed by atoms with Crippen LogP contribution in [0, 0.1) is 0 Å². The van der Waals surface area contributed by atoms with E-state index in [1.807, 2.05) is 0 Å². The number of carboxylic acid groups (broad SMARTS) is 1. The molecule has 0 amide bonds. The molecule has 0 bridgehead atoms. The first-order valence-electron chi connectivity index (χ1n) is 5.82. The molecule has 1 aromatic carbocycles. The van der Waals surface area contributed by atoms with Gasteiger partial charge in [0.2, 0.25) is 0 Å². The van der Waals surface area contributed by atoms with Gasteiger partial charge in [-0.25, -0.2) is 8.42 Å². The second kappa shape index (κ2) is 5.18. The number of para-hydroxylation sites is 1.